The first-order valence-electron chi connectivity index (χ1n) is 11.3. The molecule has 0 fully saturated rings. The van der Waals surface area contributed by atoms with E-state index in [-0.39, 0.29) is 17.1 Å². The Kier molecular flexibility index (Phi) is 9.47. The van der Waals surface area contributed by atoms with Gasteiger partial charge in [0.05, 0.1) is 10.6 Å². The fourth-order valence-corrected chi connectivity index (χ4v) is 5.92. The van der Waals surface area contributed by atoms with Gasteiger partial charge in [-0.15, -0.1) is 0 Å². The molecule has 2 amide bonds. The quantitative estimate of drug-likeness (QED) is 0.370. The Morgan fingerprint density at radius 3 is 2.05 bits per heavy atom. The number of amides is 2. The number of halogens is 3. The molecule has 0 spiro atoms. The maximum atomic E-state index is 13.8. The normalized spacial score (nSPS) is 12.1. The zero-order chi connectivity index (χ0) is 27.3. The van der Waals surface area contributed by atoms with Crippen molar-refractivity contribution in [1.29, 1.82) is 0 Å². The largest absolute Gasteiger partial charge is 0.357 e. The number of nitrogens with zero attached hydrogens (tertiary/aromatic N) is 2. The zero-order valence-corrected chi connectivity index (χ0v) is 23.5. The van der Waals surface area contributed by atoms with E-state index in [4.69, 9.17) is 34.8 Å². The Hall–Kier alpha value is -2.78. The second-order valence-electron chi connectivity index (χ2n) is 8.22. The van der Waals surface area contributed by atoms with Crippen LogP contribution in [0.2, 0.25) is 15.1 Å². The highest BCUT2D eigenvalue weighted by atomic mass is 35.5. The molecule has 3 aromatic carbocycles. The molecule has 3 rings (SSSR count). The van der Waals surface area contributed by atoms with Gasteiger partial charge in [-0.05, 0) is 55.8 Å². The van der Waals surface area contributed by atoms with Crippen molar-refractivity contribution < 1.29 is 18.0 Å². The molecule has 196 valence electrons. The number of rotatable bonds is 9. The summed E-state index contributed by atoms with van der Waals surface area (Å²) in [6, 6.07) is 16.5. The predicted octanol–water partition coefficient (Wildman–Crippen LogP) is 5.31. The second kappa shape index (κ2) is 12.2. The molecule has 0 aliphatic rings. The summed E-state index contributed by atoms with van der Waals surface area (Å²) in [6.07, 6.45) is 0. The molecule has 0 aliphatic carbocycles. The van der Waals surface area contributed by atoms with E-state index in [0.717, 1.165) is 4.31 Å². The lowest BCUT2D eigenvalue weighted by Crippen LogP contribution is -2.50. The fraction of sp³-hybridized carbons (Fsp3) is 0.231. The first-order chi connectivity index (χ1) is 17.5. The summed E-state index contributed by atoms with van der Waals surface area (Å²) in [6.45, 7) is 2.51. The van der Waals surface area contributed by atoms with Gasteiger partial charge in [0.2, 0.25) is 11.8 Å². The van der Waals surface area contributed by atoms with E-state index in [0.29, 0.717) is 26.2 Å². The van der Waals surface area contributed by atoms with Gasteiger partial charge in [-0.1, -0.05) is 65.1 Å². The van der Waals surface area contributed by atoms with E-state index in [2.05, 4.69) is 5.32 Å². The monoisotopic (exact) mass is 581 g/mol. The highest BCUT2D eigenvalue weighted by molar-refractivity contribution is 7.92. The number of carbonyl (C=O) groups excluding carboxylic acids is 2. The third-order valence-electron chi connectivity index (χ3n) is 5.92. The van der Waals surface area contributed by atoms with Crippen LogP contribution < -0.4 is 9.62 Å². The van der Waals surface area contributed by atoms with Crippen molar-refractivity contribution in [3.63, 3.8) is 0 Å². The fourth-order valence-electron chi connectivity index (χ4n) is 3.74. The molecule has 1 N–H and O–H groups in total. The van der Waals surface area contributed by atoms with E-state index < -0.39 is 34.4 Å². The summed E-state index contributed by atoms with van der Waals surface area (Å²) in [7, 11) is -2.74. The minimum atomic E-state index is -4.19. The molecule has 37 heavy (non-hydrogen) atoms. The summed E-state index contributed by atoms with van der Waals surface area (Å²) in [5.74, 6) is -1.07. The topological polar surface area (TPSA) is 86.8 Å². The number of carbonyl (C=O) groups is 2. The molecule has 1 atom stereocenters. The Bertz CT molecular complexity index is 1380. The van der Waals surface area contributed by atoms with E-state index in [9.17, 15) is 18.0 Å². The van der Waals surface area contributed by atoms with Crippen LogP contribution >= 0.6 is 34.8 Å². The smallest absolute Gasteiger partial charge is 0.264 e. The summed E-state index contributed by atoms with van der Waals surface area (Å²) < 4.78 is 28.5. The van der Waals surface area contributed by atoms with Crippen molar-refractivity contribution in [2.45, 2.75) is 31.3 Å². The molecule has 0 saturated heterocycles. The molecule has 0 aliphatic heterocycles. The Balaban J connectivity index is 2.10. The van der Waals surface area contributed by atoms with Gasteiger partial charge in [-0.25, -0.2) is 8.42 Å². The Labute approximate surface area is 232 Å². The van der Waals surface area contributed by atoms with Crippen molar-refractivity contribution in [3.05, 3.63) is 92.9 Å². The molecule has 0 heterocycles. The molecule has 7 nitrogen and oxygen atoms in total. The van der Waals surface area contributed by atoms with Gasteiger partial charge in [-0.3, -0.25) is 13.9 Å². The lowest BCUT2D eigenvalue weighted by molar-refractivity contribution is -0.139. The summed E-state index contributed by atoms with van der Waals surface area (Å²) in [4.78, 5) is 27.6. The Morgan fingerprint density at radius 2 is 1.46 bits per heavy atom. The average molecular weight is 583 g/mol. The molecule has 11 heteroatoms. The average Bonchev–Trinajstić information content (AvgIpc) is 2.88. The SMILES string of the molecule is CNC(=O)[C@H](C)N(Cc1c(Cl)cccc1Cl)C(=O)CN(c1cccc(Cl)c1C)S(=O)(=O)c1ccccc1. The molecular weight excluding hydrogens is 557 g/mol. The lowest BCUT2D eigenvalue weighted by Gasteiger charge is -2.32. The number of hydrogen-bond acceptors (Lipinski definition) is 4. The molecule has 0 bridgehead atoms. The highest BCUT2D eigenvalue weighted by Crippen LogP contribution is 2.32. The summed E-state index contributed by atoms with van der Waals surface area (Å²) in [5.41, 5.74) is 1.16. The third kappa shape index (κ3) is 6.38. The molecular formula is C26H26Cl3N3O4S. The summed E-state index contributed by atoms with van der Waals surface area (Å²) >= 11 is 19.0. The second-order valence-corrected chi connectivity index (χ2v) is 11.3. The molecule has 0 radical (unpaired) electrons. The van der Waals surface area contributed by atoms with Crippen LogP contribution in [-0.2, 0) is 26.2 Å². The van der Waals surface area contributed by atoms with Crippen LogP contribution in [0.15, 0.2) is 71.6 Å². The Morgan fingerprint density at radius 1 is 0.892 bits per heavy atom. The minimum absolute atomic E-state index is 0.00206. The predicted molar refractivity (Wildman–Crippen MR) is 148 cm³/mol. The lowest BCUT2D eigenvalue weighted by atomic mass is 10.1. The van der Waals surface area contributed by atoms with Crippen LogP contribution in [0.4, 0.5) is 5.69 Å². The van der Waals surface area contributed by atoms with Gasteiger partial charge >= 0.3 is 0 Å². The van der Waals surface area contributed by atoms with Crippen molar-refractivity contribution in [1.82, 2.24) is 10.2 Å². The van der Waals surface area contributed by atoms with Crippen LogP contribution in [-0.4, -0.2) is 44.8 Å². The summed E-state index contributed by atoms with van der Waals surface area (Å²) in [5, 5.41) is 3.50. The number of nitrogens with one attached hydrogen (secondary N) is 1. The van der Waals surface area contributed by atoms with Crippen molar-refractivity contribution >= 4 is 62.3 Å². The third-order valence-corrected chi connectivity index (χ3v) is 8.81. The molecule has 0 unspecified atom stereocenters. The van der Waals surface area contributed by atoms with Crippen LogP contribution in [0, 0.1) is 6.92 Å². The van der Waals surface area contributed by atoms with Crippen LogP contribution in [0.3, 0.4) is 0 Å². The number of likely N-dealkylation sites (N-methyl/N-ethyl adjacent to an activating group) is 1. The number of benzene rings is 3. The van der Waals surface area contributed by atoms with E-state index in [1.807, 2.05) is 0 Å². The van der Waals surface area contributed by atoms with Crippen LogP contribution in [0.1, 0.15) is 18.1 Å². The van der Waals surface area contributed by atoms with Crippen molar-refractivity contribution in [2.24, 2.45) is 0 Å². The number of sulfonamides is 1. The van der Waals surface area contributed by atoms with E-state index >= 15 is 0 Å². The van der Waals surface area contributed by atoms with Gasteiger partial charge < -0.3 is 10.2 Å². The van der Waals surface area contributed by atoms with E-state index in [1.165, 1.54) is 24.1 Å². The van der Waals surface area contributed by atoms with Crippen molar-refractivity contribution in [3.8, 4) is 0 Å². The van der Waals surface area contributed by atoms with Crippen LogP contribution in [0.5, 0.6) is 0 Å². The van der Waals surface area contributed by atoms with Crippen LogP contribution in [0.25, 0.3) is 0 Å². The standard InChI is InChI=1S/C26H26Cl3N3O4S/c1-17-21(27)11-8-14-24(17)32(37(35,36)19-9-5-4-6-10-19)16-25(33)31(18(2)26(34)30-3)15-20-22(28)12-7-13-23(20)29/h4-14,18H,15-16H2,1-3H3,(H,30,34)/t18-/m0/s1. The maximum absolute atomic E-state index is 13.8. The highest BCUT2D eigenvalue weighted by Gasteiger charge is 2.33. The first kappa shape index (κ1) is 28.8. The maximum Gasteiger partial charge on any atom is 0.264 e. The molecule has 0 aromatic heterocycles. The number of anilines is 1. The van der Waals surface area contributed by atoms with Gasteiger partial charge in [0.15, 0.2) is 0 Å². The van der Waals surface area contributed by atoms with Crippen molar-refractivity contribution in [2.75, 3.05) is 17.9 Å². The zero-order valence-electron chi connectivity index (χ0n) is 20.4. The number of hydrogen-bond donors (Lipinski definition) is 1. The van der Waals surface area contributed by atoms with Gasteiger partial charge in [0.25, 0.3) is 10.0 Å². The van der Waals surface area contributed by atoms with Gasteiger partial charge in [0.1, 0.15) is 12.6 Å². The molecule has 3 aromatic rings. The molecule has 0 saturated carbocycles. The first-order valence-corrected chi connectivity index (χ1v) is 13.8. The minimum Gasteiger partial charge on any atom is -0.357 e. The van der Waals surface area contributed by atoms with E-state index in [1.54, 1.807) is 68.4 Å². The van der Waals surface area contributed by atoms with Gasteiger partial charge in [-0.2, -0.15) is 0 Å². The van der Waals surface area contributed by atoms with Gasteiger partial charge in [0, 0.05) is 34.2 Å².